The zero-order valence-electron chi connectivity index (χ0n) is 16.1. The predicted molar refractivity (Wildman–Crippen MR) is 110 cm³/mol. The molecular weight excluding hydrogens is 352 g/mol. The van der Waals surface area contributed by atoms with Gasteiger partial charge >= 0.3 is 0 Å². The molecule has 2 amide bonds. The van der Waals surface area contributed by atoms with Crippen LogP contribution in [0.1, 0.15) is 24.0 Å². The van der Waals surface area contributed by atoms with Gasteiger partial charge in [0.25, 0.3) is 0 Å². The summed E-state index contributed by atoms with van der Waals surface area (Å²) in [5, 5.41) is 3.09. The van der Waals surface area contributed by atoms with Crippen LogP contribution in [-0.4, -0.2) is 43.0 Å². The van der Waals surface area contributed by atoms with Crippen molar-refractivity contribution in [1.82, 2.24) is 10.2 Å². The van der Waals surface area contributed by atoms with E-state index in [1.54, 1.807) is 13.2 Å². The third-order valence-corrected chi connectivity index (χ3v) is 4.91. The van der Waals surface area contributed by atoms with Crippen LogP contribution in [0.2, 0.25) is 0 Å². The SMILES string of the molecule is COc1ccc(CC(=O)NC2CCN(C(=O)/C=C/c3ccccc3)CC2)cc1. The third-order valence-electron chi connectivity index (χ3n) is 4.91. The molecule has 1 aliphatic heterocycles. The Morgan fingerprint density at radius 3 is 2.39 bits per heavy atom. The molecule has 0 radical (unpaired) electrons. The lowest BCUT2D eigenvalue weighted by Gasteiger charge is -2.31. The van der Waals surface area contributed by atoms with Gasteiger partial charge in [0.2, 0.25) is 11.8 Å². The quantitative estimate of drug-likeness (QED) is 0.786. The molecule has 0 atom stereocenters. The molecule has 5 nitrogen and oxygen atoms in total. The Hall–Kier alpha value is -3.08. The van der Waals surface area contributed by atoms with Crippen LogP contribution in [0.25, 0.3) is 6.08 Å². The Balaban J connectivity index is 1.42. The minimum Gasteiger partial charge on any atom is -0.497 e. The Bertz CT molecular complexity index is 808. The van der Waals surface area contributed by atoms with Crippen molar-refractivity contribution in [2.24, 2.45) is 0 Å². The molecule has 2 aromatic rings. The molecule has 3 rings (SSSR count). The standard InChI is InChI=1S/C23H26N2O3/c1-28-21-10-7-19(8-11-21)17-22(26)24-20-13-15-25(16-14-20)23(27)12-9-18-5-3-2-4-6-18/h2-12,20H,13-17H2,1H3,(H,24,26)/b12-9+. The Labute approximate surface area is 166 Å². The maximum atomic E-state index is 12.3. The van der Waals surface area contributed by atoms with E-state index in [-0.39, 0.29) is 17.9 Å². The molecule has 0 saturated carbocycles. The first-order chi connectivity index (χ1) is 13.6. The average Bonchev–Trinajstić information content (AvgIpc) is 2.74. The van der Waals surface area contributed by atoms with Crippen molar-refractivity contribution < 1.29 is 14.3 Å². The normalized spacial score (nSPS) is 14.8. The number of carbonyl (C=O) groups excluding carboxylic acids is 2. The van der Waals surface area contributed by atoms with Gasteiger partial charge in [-0.3, -0.25) is 9.59 Å². The fraction of sp³-hybridized carbons (Fsp3) is 0.304. The highest BCUT2D eigenvalue weighted by atomic mass is 16.5. The van der Waals surface area contributed by atoms with Crippen LogP contribution >= 0.6 is 0 Å². The van der Waals surface area contributed by atoms with Gasteiger partial charge in [0.1, 0.15) is 5.75 Å². The molecule has 28 heavy (non-hydrogen) atoms. The largest absolute Gasteiger partial charge is 0.497 e. The smallest absolute Gasteiger partial charge is 0.246 e. The number of hydrogen-bond acceptors (Lipinski definition) is 3. The fourth-order valence-electron chi connectivity index (χ4n) is 3.29. The molecule has 1 saturated heterocycles. The highest BCUT2D eigenvalue weighted by Crippen LogP contribution is 2.14. The second kappa shape index (κ2) is 9.74. The number of benzene rings is 2. The van der Waals surface area contributed by atoms with Crippen molar-refractivity contribution in [3.05, 3.63) is 71.8 Å². The number of ether oxygens (including phenoxy) is 1. The molecule has 0 unspecified atom stereocenters. The summed E-state index contributed by atoms with van der Waals surface area (Å²) >= 11 is 0. The summed E-state index contributed by atoms with van der Waals surface area (Å²) < 4.78 is 5.13. The van der Waals surface area contributed by atoms with Crippen LogP contribution in [0.3, 0.4) is 0 Å². The van der Waals surface area contributed by atoms with Gasteiger partial charge in [-0.05, 0) is 42.2 Å². The van der Waals surface area contributed by atoms with Gasteiger partial charge < -0.3 is 15.0 Å². The van der Waals surface area contributed by atoms with Crippen molar-refractivity contribution in [3.8, 4) is 5.75 Å². The van der Waals surface area contributed by atoms with Gasteiger partial charge in [-0.15, -0.1) is 0 Å². The monoisotopic (exact) mass is 378 g/mol. The van der Waals surface area contributed by atoms with E-state index in [9.17, 15) is 9.59 Å². The molecule has 0 aliphatic carbocycles. The number of methoxy groups -OCH3 is 1. The number of hydrogen-bond donors (Lipinski definition) is 1. The van der Waals surface area contributed by atoms with Gasteiger partial charge in [-0.25, -0.2) is 0 Å². The van der Waals surface area contributed by atoms with Gasteiger partial charge in [-0.2, -0.15) is 0 Å². The van der Waals surface area contributed by atoms with E-state index in [1.807, 2.05) is 65.6 Å². The summed E-state index contributed by atoms with van der Waals surface area (Å²) in [5.74, 6) is 0.813. The van der Waals surface area contributed by atoms with E-state index in [1.165, 1.54) is 0 Å². The molecular formula is C23H26N2O3. The maximum absolute atomic E-state index is 12.3. The molecule has 146 valence electrons. The zero-order chi connectivity index (χ0) is 19.8. The molecule has 1 heterocycles. The molecule has 1 N–H and O–H groups in total. The predicted octanol–water partition coefficient (Wildman–Crippen LogP) is 3.06. The Morgan fingerprint density at radius 2 is 1.75 bits per heavy atom. The van der Waals surface area contributed by atoms with Crippen LogP contribution in [0, 0.1) is 0 Å². The van der Waals surface area contributed by atoms with Gasteiger partial charge in [0.05, 0.1) is 13.5 Å². The average molecular weight is 378 g/mol. The van der Waals surface area contributed by atoms with E-state index in [0.717, 1.165) is 29.7 Å². The number of nitrogens with zero attached hydrogens (tertiary/aromatic N) is 1. The Morgan fingerprint density at radius 1 is 1.07 bits per heavy atom. The lowest BCUT2D eigenvalue weighted by atomic mass is 10.0. The van der Waals surface area contributed by atoms with Crippen molar-refractivity contribution in [2.75, 3.05) is 20.2 Å². The van der Waals surface area contributed by atoms with Gasteiger partial charge in [0, 0.05) is 25.2 Å². The number of nitrogens with one attached hydrogen (secondary N) is 1. The summed E-state index contributed by atoms with van der Waals surface area (Å²) in [7, 11) is 1.62. The molecule has 2 aromatic carbocycles. The van der Waals surface area contributed by atoms with Gasteiger partial charge in [-0.1, -0.05) is 42.5 Å². The van der Waals surface area contributed by atoms with E-state index in [0.29, 0.717) is 19.5 Å². The molecule has 1 fully saturated rings. The first-order valence-corrected chi connectivity index (χ1v) is 9.58. The lowest BCUT2D eigenvalue weighted by Crippen LogP contribution is -2.46. The van der Waals surface area contributed by atoms with Crippen LogP contribution in [0.15, 0.2) is 60.7 Å². The van der Waals surface area contributed by atoms with E-state index >= 15 is 0 Å². The zero-order valence-corrected chi connectivity index (χ0v) is 16.1. The van der Waals surface area contributed by atoms with Crippen molar-refractivity contribution in [2.45, 2.75) is 25.3 Å². The lowest BCUT2D eigenvalue weighted by molar-refractivity contribution is -0.127. The van der Waals surface area contributed by atoms with E-state index < -0.39 is 0 Å². The number of likely N-dealkylation sites (tertiary alicyclic amines) is 1. The van der Waals surface area contributed by atoms with Crippen molar-refractivity contribution in [3.63, 3.8) is 0 Å². The number of amides is 2. The maximum Gasteiger partial charge on any atom is 0.246 e. The third kappa shape index (κ3) is 5.71. The second-order valence-electron chi connectivity index (χ2n) is 6.94. The van der Waals surface area contributed by atoms with Crippen LogP contribution in [0.4, 0.5) is 0 Å². The Kier molecular flexibility index (Phi) is 6.84. The molecule has 0 spiro atoms. The summed E-state index contributed by atoms with van der Waals surface area (Å²) in [6, 6.07) is 17.4. The first kappa shape index (κ1) is 19.7. The number of rotatable bonds is 6. The highest BCUT2D eigenvalue weighted by Gasteiger charge is 2.22. The van der Waals surface area contributed by atoms with Crippen LogP contribution < -0.4 is 10.1 Å². The molecule has 0 bridgehead atoms. The topological polar surface area (TPSA) is 58.6 Å². The summed E-state index contributed by atoms with van der Waals surface area (Å²) in [6.45, 7) is 1.32. The minimum absolute atomic E-state index is 0.0129. The molecule has 5 heteroatoms. The van der Waals surface area contributed by atoms with E-state index in [4.69, 9.17) is 4.74 Å². The second-order valence-corrected chi connectivity index (χ2v) is 6.94. The molecule has 0 aromatic heterocycles. The number of piperidine rings is 1. The molecule has 1 aliphatic rings. The summed E-state index contributed by atoms with van der Waals surface area (Å²) in [4.78, 5) is 26.5. The summed E-state index contributed by atoms with van der Waals surface area (Å²) in [6.07, 6.45) is 5.37. The minimum atomic E-state index is 0.0129. The highest BCUT2D eigenvalue weighted by molar-refractivity contribution is 5.91. The summed E-state index contributed by atoms with van der Waals surface area (Å²) in [5.41, 5.74) is 1.97. The number of carbonyl (C=O) groups is 2. The van der Waals surface area contributed by atoms with Crippen molar-refractivity contribution >= 4 is 17.9 Å². The van der Waals surface area contributed by atoms with Gasteiger partial charge in [0.15, 0.2) is 0 Å². The van der Waals surface area contributed by atoms with Crippen LogP contribution in [0.5, 0.6) is 5.75 Å². The first-order valence-electron chi connectivity index (χ1n) is 9.58. The van der Waals surface area contributed by atoms with Crippen molar-refractivity contribution in [1.29, 1.82) is 0 Å². The van der Waals surface area contributed by atoms with E-state index in [2.05, 4.69) is 5.32 Å². The van der Waals surface area contributed by atoms with Crippen LogP contribution in [-0.2, 0) is 16.0 Å². The fourth-order valence-corrected chi connectivity index (χ4v) is 3.29.